The molecule has 94 valence electrons. The number of anilines is 2. The quantitative estimate of drug-likeness (QED) is 0.791. The van der Waals surface area contributed by atoms with Crippen LogP contribution >= 0.6 is 0 Å². The van der Waals surface area contributed by atoms with Crippen molar-refractivity contribution < 1.29 is 0 Å². The maximum Gasteiger partial charge on any atom is 0.127 e. The minimum Gasteiger partial charge on any atom is -0.398 e. The third-order valence-electron chi connectivity index (χ3n) is 2.94. The zero-order valence-corrected chi connectivity index (χ0v) is 10.7. The summed E-state index contributed by atoms with van der Waals surface area (Å²) in [5.41, 5.74) is 9.01. The predicted octanol–water partition coefficient (Wildman–Crippen LogP) is 3.02. The minimum atomic E-state index is 0.788. The van der Waals surface area contributed by atoms with Crippen molar-refractivity contribution in [3.05, 3.63) is 53.7 Å². The van der Waals surface area contributed by atoms with Crippen molar-refractivity contribution in [1.82, 2.24) is 4.98 Å². The number of benzene rings is 1. The number of aryl methyl sites for hydroxylation is 2. The van der Waals surface area contributed by atoms with Gasteiger partial charge in [-0.15, -0.1) is 0 Å². The van der Waals surface area contributed by atoms with Crippen LogP contribution in [0.25, 0.3) is 0 Å². The summed E-state index contributed by atoms with van der Waals surface area (Å²) in [6.07, 6.45) is 3.96. The molecule has 0 radical (unpaired) electrons. The second kappa shape index (κ2) is 6.05. The Hall–Kier alpha value is -2.03. The standard InChI is InChI=1S/C15H19N3/c1-12-11-18-15(10-14(12)16)17-9-5-8-13-6-3-2-4-7-13/h2-4,6-7,10-11H,5,8-9H2,1H3,(H3,16,17,18). The van der Waals surface area contributed by atoms with E-state index in [9.17, 15) is 0 Å². The maximum absolute atomic E-state index is 5.84. The van der Waals surface area contributed by atoms with E-state index in [0.717, 1.165) is 36.5 Å². The van der Waals surface area contributed by atoms with E-state index in [4.69, 9.17) is 5.73 Å². The molecule has 1 heterocycles. The van der Waals surface area contributed by atoms with Gasteiger partial charge in [0.05, 0.1) is 0 Å². The lowest BCUT2D eigenvalue weighted by atomic mass is 10.1. The number of rotatable bonds is 5. The van der Waals surface area contributed by atoms with Crippen LogP contribution in [0, 0.1) is 6.92 Å². The summed E-state index contributed by atoms with van der Waals surface area (Å²) >= 11 is 0. The molecule has 0 aliphatic heterocycles. The highest BCUT2D eigenvalue weighted by atomic mass is 15.0. The van der Waals surface area contributed by atoms with Crippen molar-refractivity contribution >= 4 is 11.5 Å². The van der Waals surface area contributed by atoms with E-state index in [1.807, 2.05) is 19.1 Å². The van der Waals surface area contributed by atoms with Crippen LogP contribution in [0.2, 0.25) is 0 Å². The fraction of sp³-hybridized carbons (Fsp3) is 0.267. The van der Waals surface area contributed by atoms with Gasteiger partial charge in [0.1, 0.15) is 5.82 Å². The van der Waals surface area contributed by atoms with Crippen molar-refractivity contribution in [2.45, 2.75) is 19.8 Å². The van der Waals surface area contributed by atoms with Gasteiger partial charge in [-0.05, 0) is 30.9 Å². The highest BCUT2D eigenvalue weighted by Crippen LogP contribution is 2.13. The Labute approximate surface area is 108 Å². The van der Waals surface area contributed by atoms with Gasteiger partial charge in [-0.25, -0.2) is 4.98 Å². The second-order valence-electron chi connectivity index (χ2n) is 4.44. The van der Waals surface area contributed by atoms with E-state index in [1.54, 1.807) is 6.20 Å². The number of nitrogens with zero attached hydrogens (tertiary/aromatic N) is 1. The Morgan fingerprint density at radius 1 is 1.22 bits per heavy atom. The molecule has 0 bridgehead atoms. The summed E-state index contributed by atoms with van der Waals surface area (Å²) in [6.45, 7) is 2.87. The van der Waals surface area contributed by atoms with E-state index < -0.39 is 0 Å². The van der Waals surface area contributed by atoms with Crippen LogP contribution in [0.5, 0.6) is 0 Å². The smallest absolute Gasteiger partial charge is 0.127 e. The highest BCUT2D eigenvalue weighted by Gasteiger charge is 1.98. The number of hydrogen-bond acceptors (Lipinski definition) is 3. The molecule has 0 fully saturated rings. The number of hydrogen-bond donors (Lipinski definition) is 2. The van der Waals surface area contributed by atoms with Crippen molar-refractivity contribution in [2.24, 2.45) is 0 Å². The van der Waals surface area contributed by atoms with Gasteiger partial charge in [0, 0.05) is 24.5 Å². The largest absolute Gasteiger partial charge is 0.398 e. The fourth-order valence-corrected chi connectivity index (χ4v) is 1.79. The zero-order chi connectivity index (χ0) is 12.8. The minimum absolute atomic E-state index is 0.788. The van der Waals surface area contributed by atoms with Gasteiger partial charge in [0.15, 0.2) is 0 Å². The number of nitrogen functional groups attached to an aromatic ring is 1. The molecule has 0 amide bonds. The third kappa shape index (κ3) is 3.48. The van der Waals surface area contributed by atoms with E-state index in [1.165, 1.54) is 5.56 Å². The van der Waals surface area contributed by atoms with Crippen LogP contribution in [0.4, 0.5) is 11.5 Å². The fourth-order valence-electron chi connectivity index (χ4n) is 1.79. The Morgan fingerprint density at radius 2 is 2.00 bits per heavy atom. The maximum atomic E-state index is 5.84. The van der Waals surface area contributed by atoms with Crippen molar-refractivity contribution in [3.63, 3.8) is 0 Å². The van der Waals surface area contributed by atoms with Gasteiger partial charge in [-0.1, -0.05) is 30.3 Å². The Bertz CT molecular complexity index is 494. The highest BCUT2D eigenvalue weighted by molar-refractivity contribution is 5.53. The molecule has 0 spiro atoms. The molecular formula is C15H19N3. The number of pyridine rings is 1. The molecule has 0 saturated carbocycles. The lowest BCUT2D eigenvalue weighted by Crippen LogP contribution is -2.05. The molecule has 0 saturated heterocycles. The summed E-state index contributed by atoms with van der Waals surface area (Å²) in [5, 5.41) is 3.29. The van der Waals surface area contributed by atoms with Gasteiger partial charge in [0.25, 0.3) is 0 Å². The number of nitrogens with two attached hydrogens (primary N) is 1. The molecule has 2 rings (SSSR count). The Morgan fingerprint density at radius 3 is 2.72 bits per heavy atom. The van der Waals surface area contributed by atoms with Crippen molar-refractivity contribution in [1.29, 1.82) is 0 Å². The molecule has 18 heavy (non-hydrogen) atoms. The van der Waals surface area contributed by atoms with E-state index in [0.29, 0.717) is 0 Å². The lowest BCUT2D eigenvalue weighted by molar-refractivity contribution is 0.859. The molecule has 0 unspecified atom stereocenters. The van der Waals surface area contributed by atoms with Crippen LogP contribution < -0.4 is 11.1 Å². The number of nitrogens with one attached hydrogen (secondary N) is 1. The normalized spacial score (nSPS) is 10.3. The van der Waals surface area contributed by atoms with Crippen molar-refractivity contribution in [3.8, 4) is 0 Å². The Kier molecular flexibility index (Phi) is 4.18. The molecule has 1 aromatic carbocycles. The van der Waals surface area contributed by atoms with E-state index in [2.05, 4.69) is 34.6 Å². The van der Waals surface area contributed by atoms with E-state index in [-0.39, 0.29) is 0 Å². The molecule has 0 atom stereocenters. The molecular weight excluding hydrogens is 222 g/mol. The summed E-state index contributed by atoms with van der Waals surface area (Å²) < 4.78 is 0. The van der Waals surface area contributed by atoms with Crippen LogP contribution in [0.1, 0.15) is 17.5 Å². The first-order valence-electron chi connectivity index (χ1n) is 6.25. The van der Waals surface area contributed by atoms with E-state index >= 15 is 0 Å². The van der Waals surface area contributed by atoms with Gasteiger partial charge in [-0.3, -0.25) is 0 Å². The lowest BCUT2D eigenvalue weighted by Gasteiger charge is -2.07. The summed E-state index contributed by atoms with van der Waals surface area (Å²) in [6, 6.07) is 12.4. The molecule has 0 aliphatic carbocycles. The average Bonchev–Trinajstić information content (AvgIpc) is 2.40. The molecule has 1 aromatic heterocycles. The molecule has 3 nitrogen and oxygen atoms in total. The Balaban J connectivity index is 1.77. The van der Waals surface area contributed by atoms with Crippen LogP contribution in [-0.2, 0) is 6.42 Å². The molecule has 0 aliphatic rings. The molecule has 3 heteroatoms. The van der Waals surface area contributed by atoms with Crippen molar-refractivity contribution in [2.75, 3.05) is 17.6 Å². The second-order valence-corrected chi connectivity index (χ2v) is 4.44. The van der Waals surface area contributed by atoms with Gasteiger partial charge in [-0.2, -0.15) is 0 Å². The first-order chi connectivity index (χ1) is 8.75. The first-order valence-corrected chi connectivity index (χ1v) is 6.25. The van der Waals surface area contributed by atoms with Gasteiger partial charge < -0.3 is 11.1 Å². The predicted molar refractivity (Wildman–Crippen MR) is 76.6 cm³/mol. The summed E-state index contributed by atoms with van der Waals surface area (Å²) in [5.74, 6) is 0.853. The topological polar surface area (TPSA) is 50.9 Å². The van der Waals surface area contributed by atoms with Gasteiger partial charge in [0.2, 0.25) is 0 Å². The summed E-state index contributed by atoms with van der Waals surface area (Å²) in [4.78, 5) is 4.29. The molecule has 2 aromatic rings. The van der Waals surface area contributed by atoms with Crippen LogP contribution in [0.15, 0.2) is 42.6 Å². The van der Waals surface area contributed by atoms with Gasteiger partial charge >= 0.3 is 0 Å². The average molecular weight is 241 g/mol. The third-order valence-corrected chi connectivity index (χ3v) is 2.94. The molecule has 3 N–H and O–H groups in total. The first kappa shape index (κ1) is 12.4. The van der Waals surface area contributed by atoms with Crippen LogP contribution in [-0.4, -0.2) is 11.5 Å². The monoisotopic (exact) mass is 241 g/mol. The zero-order valence-electron chi connectivity index (χ0n) is 10.7. The summed E-state index contributed by atoms with van der Waals surface area (Å²) in [7, 11) is 0. The van der Waals surface area contributed by atoms with Crippen LogP contribution in [0.3, 0.4) is 0 Å². The number of aromatic nitrogens is 1. The SMILES string of the molecule is Cc1cnc(NCCCc2ccccc2)cc1N.